The van der Waals surface area contributed by atoms with Crippen molar-refractivity contribution < 1.29 is 32.2 Å². The van der Waals surface area contributed by atoms with Crippen LogP contribution in [0.2, 0.25) is 0 Å². The molecule has 214 valence electrons. The van der Waals surface area contributed by atoms with Crippen molar-refractivity contribution in [3.8, 4) is 22.8 Å². The van der Waals surface area contributed by atoms with Crippen LogP contribution in [0.4, 0.5) is 13.2 Å². The van der Waals surface area contributed by atoms with E-state index in [-0.39, 0.29) is 29.3 Å². The summed E-state index contributed by atoms with van der Waals surface area (Å²) in [6.07, 6.45) is -2.52. The van der Waals surface area contributed by atoms with Gasteiger partial charge in [0.25, 0.3) is 0 Å². The molecule has 2 amide bonds. The lowest BCUT2D eigenvalue weighted by molar-refractivity contribution is -0.143. The number of carbonyl (C=O) groups excluding carboxylic acids is 2. The van der Waals surface area contributed by atoms with Crippen LogP contribution in [0.1, 0.15) is 49.7 Å². The Labute approximate surface area is 231 Å². The Hall–Kier alpha value is -3.69. The number of ether oxygens (including phenoxy) is 2. The number of benzene rings is 2. The summed E-state index contributed by atoms with van der Waals surface area (Å²) in [6, 6.07) is 10.4. The molecule has 0 spiro atoms. The van der Waals surface area contributed by atoms with E-state index in [4.69, 9.17) is 9.47 Å². The van der Waals surface area contributed by atoms with Crippen molar-refractivity contribution in [3.63, 3.8) is 0 Å². The van der Waals surface area contributed by atoms with Crippen molar-refractivity contribution in [2.24, 2.45) is 0 Å². The molecule has 7 nitrogen and oxygen atoms in total. The predicted molar refractivity (Wildman–Crippen MR) is 146 cm³/mol. The molecule has 3 heterocycles. The fourth-order valence-electron chi connectivity index (χ4n) is 6.19. The molecule has 0 radical (unpaired) electrons. The first kappa shape index (κ1) is 27.9. The Balaban J connectivity index is 1.41. The molecule has 10 heteroatoms. The Bertz CT molecular complexity index is 1410. The summed E-state index contributed by atoms with van der Waals surface area (Å²) >= 11 is 0. The Morgan fingerprint density at radius 1 is 0.975 bits per heavy atom. The maximum atomic E-state index is 13.8. The van der Waals surface area contributed by atoms with E-state index < -0.39 is 12.6 Å². The van der Waals surface area contributed by atoms with Crippen LogP contribution >= 0.6 is 0 Å². The zero-order chi connectivity index (χ0) is 28.6. The van der Waals surface area contributed by atoms with Gasteiger partial charge in [-0.2, -0.15) is 13.2 Å². The quantitative estimate of drug-likeness (QED) is 0.424. The van der Waals surface area contributed by atoms with Crippen molar-refractivity contribution in [3.05, 3.63) is 47.5 Å². The highest BCUT2D eigenvalue weighted by Gasteiger charge is 2.37. The monoisotopic (exact) mass is 557 g/mol. The number of amides is 2. The van der Waals surface area contributed by atoms with Crippen LogP contribution < -0.4 is 9.47 Å². The molecule has 0 bridgehead atoms. The van der Waals surface area contributed by atoms with Gasteiger partial charge < -0.3 is 24.3 Å². The molecular weight excluding hydrogens is 523 g/mol. The number of nitrogens with one attached hydrogen (secondary N) is 1. The van der Waals surface area contributed by atoms with Crippen molar-refractivity contribution in [2.45, 2.75) is 57.2 Å². The fourth-order valence-corrected chi connectivity index (χ4v) is 6.19. The van der Waals surface area contributed by atoms with E-state index in [1.165, 1.54) is 21.1 Å². The molecule has 1 aromatic heterocycles. The first-order valence-corrected chi connectivity index (χ1v) is 13.6. The molecule has 5 rings (SSSR count). The number of alkyl halides is 3. The van der Waals surface area contributed by atoms with Crippen molar-refractivity contribution in [1.29, 1.82) is 0 Å². The summed E-state index contributed by atoms with van der Waals surface area (Å²) in [6.45, 7) is 3.23. The predicted octanol–water partition coefficient (Wildman–Crippen LogP) is 5.67. The maximum absolute atomic E-state index is 13.8. The number of piperidine rings is 1. The third-order valence-electron chi connectivity index (χ3n) is 8.20. The minimum Gasteiger partial charge on any atom is -0.493 e. The summed E-state index contributed by atoms with van der Waals surface area (Å²) < 4.78 is 52.0. The number of hydrogen-bond acceptors (Lipinski definition) is 4. The van der Waals surface area contributed by atoms with E-state index >= 15 is 0 Å². The van der Waals surface area contributed by atoms with Crippen LogP contribution in [-0.2, 0) is 16.0 Å². The van der Waals surface area contributed by atoms with Gasteiger partial charge in [0.2, 0.25) is 11.8 Å². The van der Waals surface area contributed by atoms with E-state index in [1.54, 1.807) is 23.1 Å². The van der Waals surface area contributed by atoms with Gasteiger partial charge in [0.15, 0.2) is 11.5 Å². The Morgan fingerprint density at radius 3 is 2.35 bits per heavy atom. The van der Waals surface area contributed by atoms with Crippen LogP contribution in [0, 0.1) is 0 Å². The molecule has 2 aliphatic heterocycles. The van der Waals surface area contributed by atoms with E-state index in [2.05, 4.69) is 4.98 Å². The van der Waals surface area contributed by atoms with Gasteiger partial charge in [0, 0.05) is 43.0 Å². The molecule has 2 fully saturated rings. The van der Waals surface area contributed by atoms with Crippen molar-refractivity contribution in [2.75, 3.05) is 33.9 Å². The summed E-state index contributed by atoms with van der Waals surface area (Å²) in [5.74, 6) is 0.974. The molecule has 1 unspecified atom stereocenters. The van der Waals surface area contributed by atoms with Gasteiger partial charge in [-0.1, -0.05) is 6.07 Å². The number of nitrogens with zero attached hydrogens (tertiary/aromatic N) is 2. The fraction of sp³-hybridized carbons (Fsp3) is 0.467. The normalized spacial score (nSPS) is 18.4. The highest BCUT2D eigenvalue weighted by Crippen LogP contribution is 2.40. The van der Waals surface area contributed by atoms with Gasteiger partial charge in [-0.25, -0.2) is 0 Å². The first-order chi connectivity index (χ1) is 19.1. The third-order valence-corrected chi connectivity index (χ3v) is 8.20. The van der Waals surface area contributed by atoms with E-state index in [1.807, 2.05) is 23.1 Å². The lowest BCUT2D eigenvalue weighted by Crippen LogP contribution is -2.49. The van der Waals surface area contributed by atoms with E-state index in [0.717, 1.165) is 12.0 Å². The second-order valence-corrected chi connectivity index (χ2v) is 10.6. The second kappa shape index (κ2) is 11.1. The van der Waals surface area contributed by atoms with Crippen LogP contribution in [0.25, 0.3) is 22.2 Å². The molecule has 0 saturated carbocycles. The zero-order valence-corrected chi connectivity index (χ0v) is 22.9. The average molecular weight is 558 g/mol. The third kappa shape index (κ3) is 5.48. The topological polar surface area (TPSA) is 74.9 Å². The summed E-state index contributed by atoms with van der Waals surface area (Å²) in [5.41, 5.74) is 2.76. The van der Waals surface area contributed by atoms with Crippen LogP contribution in [-0.4, -0.2) is 72.7 Å². The van der Waals surface area contributed by atoms with E-state index in [9.17, 15) is 22.8 Å². The van der Waals surface area contributed by atoms with Gasteiger partial charge in [0.05, 0.1) is 26.3 Å². The van der Waals surface area contributed by atoms with E-state index in [0.29, 0.717) is 72.6 Å². The summed E-state index contributed by atoms with van der Waals surface area (Å²) in [7, 11) is 2.99. The number of halogens is 3. The second-order valence-electron chi connectivity index (χ2n) is 10.6. The number of aromatic nitrogens is 1. The molecule has 3 aromatic rings. The van der Waals surface area contributed by atoms with Crippen molar-refractivity contribution in [1.82, 2.24) is 14.8 Å². The highest BCUT2D eigenvalue weighted by atomic mass is 19.4. The van der Waals surface area contributed by atoms with Gasteiger partial charge in [0.1, 0.15) is 6.04 Å². The number of aromatic amines is 1. The molecule has 1 N–H and O–H groups in total. The number of hydrogen-bond donors (Lipinski definition) is 1. The molecule has 2 saturated heterocycles. The number of H-pyrrole nitrogens is 1. The first-order valence-electron chi connectivity index (χ1n) is 13.6. The average Bonchev–Trinajstić information content (AvgIpc) is 3.57. The summed E-state index contributed by atoms with van der Waals surface area (Å²) in [5, 5.41) is 0.543. The van der Waals surface area contributed by atoms with Gasteiger partial charge >= 0.3 is 6.18 Å². The number of carbonyl (C=O) groups is 2. The minimum absolute atomic E-state index is 0.000684. The number of likely N-dealkylation sites (tertiary alicyclic amines) is 2. The number of rotatable bonds is 6. The molecular formula is C30H34F3N3O4. The van der Waals surface area contributed by atoms with Crippen LogP contribution in [0.5, 0.6) is 11.5 Å². The van der Waals surface area contributed by atoms with Crippen LogP contribution in [0.15, 0.2) is 36.4 Å². The van der Waals surface area contributed by atoms with Crippen LogP contribution in [0.3, 0.4) is 0 Å². The smallest absolute Gasteiger partial charge is 0.393 e. The Kier molecular flexibility index (Phi) is 7.70. The molecule has 0 aliphatic carbocycles. The van der Waals surface area contributed by atoms with Crippen molar-refractivity contribution >= 4 is 22.7 Å². The summed E-state index contributed by atoms with van der Waals surface area (Å²) in [4.78, 5) is 31.8. The standard InChI is InChI=1S/C30H34F3N3O4/c1-18(37)36-12-4-5-25(36)29(38)35-13-10-19(11-14-35)20-6-8-24-22(15-20)23(17-30(31,32)33)28(34-24)21-7-9-26(39-2)27(16-21)40-3/h6-9,15-16,19,25,34H,4-5,10-14,17H2,1-3H3. The maximum Gasteiger partial charge on any atom is 0.393 e. The molecule has 2 aliphatic rings. The number of methoxy groups -OCH3 is 2. The SMILES string of the molecule is COc1ccc(-c2[nH]c3ccc(C4CCN(C(=O)C5CCCN5C(C)=O)CC4)cc3c2CC(F)(F)F)cc1OC. The minimum atomic E-state index is -4.39. The highest BCUT2D eigenvalue weighted by molar-refractivity contribution is 5.92. The van der Waals surface area contributed by atoms with Gasteiger partial charge in [-0.05, 0) is 73.1 Å². The zero-order valence-electron chi connectivity index (χ0n) is 22.9. The number of fused-ring (bicyclic) bond motifs is 1. The molecule has 1 atom stereocenters. The largest absolute Gasteiger partial charge is 0.493 e. The van der Waals surface area contributed by atoms with Gasteiger partial charge in [-0.3, -0.25) is 9.59 Å². The Morgan fingerprint density at radius 2 is 1.70 bits per heavy atom. The lowest BCUT2D eigenvalue weighted by atomic mass is 9.88. The lowest BCUT2D eigenvalue weighted by Gasteiger charge is -2.35. The molecule has 2 aromatic carbocycles. The molecule has 40 heavy (non-hydrogen) atoms. The van der Waals surface area contributed by atoms with Gasteiger partial charge in [-0.15, -0.1) is 0 Å².